The summed E-state index contributed by atoms with van der Waals surface area (Å²) in [5.74, 6) is 1.27. The zero-order valence-corrected chi connectivity index (χ0v) is 19.8. The monoisotopic (exact) mass is 511 g/mol. The van der Waals surface area contributed by atoms with E-state index in [9.17, 15) is 4.79 Å². The molecule has 0 spiro atoms. The number of hydrogen-bond acceptors (Lipinski definition) is 6. The maximum Gasteiger partial charge on any atom is 0.271 e. The summed E-state index contributed by atoms with van der Waals surface area (Å²) in [7, 11) is 1.66. The maximum atomic E-state index is 12.2. The summed E-state index contributed by atoms with van der Waals surface area (Å²) in [6, 6.07) is 21.1. The molecule has 0 aliphatic rings. The van der Waals surface area contributed by atoms with Crippen LogP contribution in [0.2, 0.25) is 0 Å². The largest absolute Gasteiger partial charge is 0.496 e. The average molecular weight is 512 g/mol. The summed E-state index contributed by atoms with van der Waals surface area (Å²) in [5.41, 5.74) is 6.03. The van der Waals surface area contributed by atoms with Crippen molar-refractivity contribution >= 4 is 61.4 Å². The number of hydrogen-bond donors (Lipinski definition) is 1. The lowest BCUT2D eigenvalue weighted by atomic mass is 10.1. The van der Waals surface area contributed by atoms with Crippen LogP contribution < -0.4 is 10.2 Å². The van der Waals surface area contributed by atoms with Crippen molar-refractivity contribution in [3.63, 3.8) is 0 Å². The molecule has 0 aliphatic carbocycles. The van der Waals surface area contributed by atoms with Crippen molar-refractivity contribution in [2.75, 3.05) is 7.11 Å². The van der Waals surface area contributed by atoms with Crippen LogP contribution in [-0.4, -0.2) is 24.2 Å². The number of nitrogens with one attached hydrogen (secondary N) is 1. The molecular weight excluding hydrogens is 494 g/mol. The summed E-state index contributed by atoms with van der Waals surface area (Å²) in [4.78, 5) is 16.9. The second-order valence-electron chi connectivity index (χ2n) is 6.51. The van der Waals surface area contributed by atoms with Crippen molar-refractivity contribution < 1.29 is 9.53 Å². The van der Waals surface area contributed by atoms with E-state index in [1.165, 1.54) is 4.70 Å². The van der Waals surface area contributed by atoms with Crippen molar-refractivity contribution in [2.45, 2.75) is 10.1 Å². The van der Waals surface area contributed by atoms with E-state index in [0.29, 0.717) is 5.56 Å². The van der Waals surface area contributed by atoms with Gasteiger partial charge in [0.1, 0.15) is 5.75 Å². The number of para-hydroxylation sites is 1. The number of rotatable bonds is 7. The second kappa shape index (κ2) is 10.1. The Hall–Kier alpha value is -2.68. The van der Waals surface area contributed by atoms with E-state index in [1.54, 1.807) is 48.6 Å². The zero-order chi connectivity index (χ0) is 21.6. The molecule has 0 unspecified atom stereocenters. The number of methoxy groups -OCH3 is 1. The third kappa shape index (κ3) is 5.52. The minimum atomic E-state index is -0.260. The number of thiazole rings is 1. The molecule has 1 aromatic heterocycles. The highest BCUT2D eigenvalue weighted by molar-refractivity contribution is 9.10. The summed E-state index contributed by atoms with van der Waals surface area (Å²) >= 11 is 6.71. The number of amides is 1. The highest BCUT2D eigenvalue weighted by Crippen LogP contribution is 2.33. The molecule has 0 atom stereocenters. The smallest absolute Gasteiger partial charge is 0.271 e. The van der Waals surface area contributed by atoms with Gasteiger partial charge in [0, 0.05) is 21.4 Å². The first kappa shape index (κ1) is 21.5. The van der Waals surface area contributed by atoms with E-state index in [2.05, 4.69) is 37.5 Å². The van der Waals surface area contributed by atoms with E-state index < -0.39 is 0 Å². The Labute approximate surface area is 196 Å². The quantitative estimate of drug-likeness (QED) is 0.184. The molecule has 4 rings (SSSR count). The lowest BCUT2D eigenvalue weighted by Gasteiger charge is -2.08. The molecular formula is C23H18BrN3O2S2. The van der Waals surface area contributed by atoms with Gasteiger partial charge in [0.05, 0.1) is 23.5 Å². The SMILES string of the molecule is COc1ccc(/C=N/NC(=O)c2ccc(Br)cc2)cc1CSc1nc2ccccc2s1. The minimum Gasteiger partial charge on any atom is -0.496 e. The zero-order valence-electron chi connectivity index (χ0n) is 16.5. The molecule has 1 N–H and O–H groups in total. The molecule has 0 saturated carbocycles. The molecule has 1 amide bonds. The van der Waals surface area contributed by atoms with Crippen LogP contribution in [0.15, 0.2) is 80.6 Å². The lowest BCUT2D eigenvalue weighted by molar-refractivity contribution is 0.0955. The fourth-order valence-electron chi connectivity index (χ4n) is 2.88. The molecule has 5 nitrogen and oxygen atoms in total. The number of nitrogens with zero attached hydrogens (tertiary/aromatic N) is 2. The van der Waals surface area contributed by atoms with E-state index in [-0.39, 0.29) is 5.91 Å². The molecule has 0 saturated heterocycles. The molecule has 3 aromatic carbocycles. The molecule has 0 aliphatic heterocycles. The Balaban J connectivity index is 1.43. The topological polar surface area (TPSA) is 63.6 Å². The van der Waals surface area contributed by atoms with Crippen LogP contribution in [0, 0.1) is 0 Å². The fourth-order valence-corrected chi connectivity index (χ4v) is 5.19. The normalized spacial score (nSPS) is 11.2. The van der Waals surface area contributed by atoms with Crippen molar-refractivity contribution in [1.29, 1.82) is 0 Å². The Morgan fingerprint density at radius 3 is 2.77 bits per heavy atom. The maximum absolute atomic E-state index is 12.2. The van der Waals surface area contributed by atoms with Crippen molar-refractivity contribution in [3.8, 4) is 5.75 Å². The number of halogens is 1. The van der Waals surface area contributed by atoms with Crippen LogP contribution in [0.1, 0.15) is 21.5 Å². The number of aromatic nitrogens is 1. The van der Waals surface area contributed by atoms with Gasteiger partial charge in [-0.2, -0.15) is 5.10 Å². The first-order valence-corrected chi connectivity index (χ1v) is 12.0. The van der Waals surface area contributed by atoms with Gasteiger partial charge in [0.25, 0.3) is 5.91 Å². The third-order valence-corrected chi connectivity index (χ3v) is 7.17. The molecule has 8 heteroatoms. The number of benzene rings is 3. The Morgan fingerprint density at radius 2 is 2.00 bits per heavy atom. The summed E-state index contributed by atoms with van der Waals surface area (Å²) < 4.78 is 8.63. The molecule has 0 fully saturated rings. The van der Waals surface area contributed by atoms with Gasteiger partial charge >= 0.3 is 0 Å². The van der Waals surface area contributed by atoms with Crippen LogP contribution in [-0.2, 0) is 5.75 Å². The second-order valence-corrected chi connectivity index (χ2v) is 9.68. The Kier molecular flexibility index (Phi) is 7.01. The van der Waals surface area contributed by atoms with Crippen LogP contribution in [0.5, 0.6) is 5.75 Å². The van der Waals surface area contributed by atoms with E-state index in [1.807, 2.05) is 48.5 Å². The lowest BCUT2D eigenvalue weighted by Crippen LogP contribution is -2.17. The number of thioether (sulfide) groups is 1. The molecule has 31 heavy (non-hydrogen) atoms. The highest BCUT2D eigenvalue weighted by atomic mass is 79.9. The number of carbonyl (C=O) groups excluding carboxylic acids is 1. The van der Waals surface area contributed by atoms with Crippen LogP contribution >= 0.6 is 39.0 Å². The molecule has 1 heterocycles. The molecule has 156 valence electrons. The van der Waals surface area contributed by atoms with Crippen LogP contribution in [0.4, 0.5) is 0 Å². The number of fused-ring (bicyclic) bond motifs is 1. The molecule has 4 aromatic rings. The third-order valence-electron chi connectivity index (χ3n) is 4.42. The Morgan fingerprint density at radius 1 is 1.19 bits per heavy atom. The number of hydrazone groups is 1. The van der Waals surface area contributed by atoms with Gasteiger partial charge in [-0.05, 0) is 60.2 Å². The predicted octanol–water partition coefficient (Wildman–Crippen LogP) is 6.12. The van der Waals surface area contributed by atoms with E-state index in [4.69, 9.17) is 4.74 Å². The standard InChI is InChI=1S/C23H18BrN3O2S2/c1-29-20-11-6-15(13-25-27-22(28)16-7-9-18(24)10-8-16)12-17(20)14-30-23-26-19-4-2-3-5-21(19)31-23/h2-13H,14H2,1H3,(H,27,28)/b25-13+. The first-order valence-electron chi connectivity index (χ1n) is 9.36. The minimum absolute atomic E-state index is 0.260. The van der Waals surface area contributed by atoms with E-state index in [0.717, 1.165) is 37.0 Å². The van der Waals surface area contributed by atoms with E-state index >= 15 is 0 Å². The van der Waals surface area contributed by atoms with Gasteiger partial charge in [-0.3, -0.25) is 4.79 Å². The first-order chi connectivity index (χ1) is 15.1. The van der Waals surface area contributed by atoms with Crippen molar-refractivity contribution in [3.05, 3.63) is 87.9 Å². The van der Waals surface area contributed by atoms with Gasteiger partial charge in [-0.25, -0.2) is 10.4 Å². The van der Waals surface area contributed by atoms with Crippen molar-refractivity contribution in [2.24, 2.45) is 5.10 Å². The van der Waals surface area contributed by atoms with Gasteiger partial charge in [0.2, 0.25) is 0 Å². The van der Waals surface area contributed by atoms with Crippen molar-refractivity contribution in [1.82, 2.24) is 10.4 Å². The number of ether oxygens (including phenoxy) is 1. The number of carbonyl (C=O) groups is 1. The average Bonchev–Trinajstić information content (AvgIpc) is 3.21. The highest BCUT2D eigenvalue weighted by Gasteiger charge is 2.09. The van der Waals surface area contributed by atoms with Gasteiger partial charge < -0.3 is 4.74 Å². The fraction of sp³-hybridized carbons (Fsp3) is 0.0870. The van der Waals surface area contributed by atoms with Gasteiger partial charge in [-0.15, -0.1) is 11.3 Å². The van der Waals surface area contributed by atoms with Crippen LogP contribution in [0.3, 0.4) is 0 Å². The summed E-state index contributed by atoms with van der Waals surface area (Å²) in [6.45, 7) is 0. The predicted molar refractivity (Wildman–Crippen MR) is 131 cm³/mol. The molecule has 0 bridgehead atoms. The van der Waals surface area contributed by atoms with Crippen LogP contribution in [0.25, 0.3) is 10.2 Å². The van der Waals surface area contributed by atoms with Gasteiger partial charge in [0.15, 0.2) is 4.34 Å². The summed E-state index contributed by atoms with van der Waals surface area (Å²) in [5, 5.41) is 4.09. The Bertz CT molecular complexity index is 1210. The summed E-state index contributed by atoms with van der Waals surface area (Å²) in [6.07, 6.45) is 1.63. The molecule has 0 radical (unpaired) electrons. The van der Waals surface area contributed by atoms with Gasteiger partial charge in [-0.1, -0.05) is 39.8 Å².